The van der Waals surface area contributed by atoms with Crippen LogP contribution in [0.2, 0.25) is 0 Å². The fourth-order valence-electron chi connectivity index (χ4n) is 2.78. The summed E-state index contributed by atoms with van der Waals surface area (Å²) in [6.07, 6.45) is 0.808. The molecule has 0 unspecified atom stereocenters. The van der Waals surface area contributed by atoms with E-state index in [2.05, 4.69) is 15.5 Å². The van der Waals surface area contributed by atoms with Crippen molar-refractivity contribution in [2.75, 3.05) is 51.8 Å². The Bertz CT molecular complexity index is 545. The van der Waals surface area contributed by atoms with Crippen LogP contribution in [-0.4, -0.2) is 74.2 Å². The van der Waals surface area contributed by atoms with E-state index in [0.717, 1.165) is 12.1 Å². The van der Waals surface area contributed by atoms with Crippen molar-refractivity contribution in [2.45, 2.75) is 19.4 Å². The second-order valence-corrected chi connectivity index (χ2v) is 6.13. The highest BCUT2D eigenvalue weighted by Gasteiger charge is 2.27. The van der Waals surface area contributed by atoms with E-state index in [0.29, 0.717) is 39.3 Å². The number of hydrogen-bond donors (Lipinski definition) is 2. The number of piperazine rings is 1. The maximum absolute atomic E-state index is 12.3. The van der Waals surface area contributed by atoms with Crippen molar-refractivity contribution in [1.29, 1.82) is 0 Å². The standard InChI is InChI=1S/C18H28N4O3/c1-15(17(23)19-9-6-14-25-2)21-10-12-22(13-11-21)18(24)20-16-7-4-3-5-8-16/h3-5,7-8,15H,6,9-14H2,1-2H3,(H,19,23)(H,20,24)/t15-/m0/s1. The summed E-state index contributed by atoms with van der Waals surface area (Å²) in [5, 5.41) is 5.82. The minimum atomic E-state index is -0.193. The van der Waals surface area contributed by atoms with Gasteiger partial charge in [-0.3, -0.25) is 9.69 Å². The van der Waals surface area contributed by atoms with Crippen molar-refractivity contribution in [2.24, 2.45) is 0 Å². The van der Waals surface area contributed by atoms with Crippen molar-refractivity contribution in [3.63, 3.8) is 0 Å². The van der Waals surface area contributed by atoms with Gasteiger partial charge in [0.1, 0.15) is 0 Å². The Hall–Kier alpha value is -2.12. The third-order valence-electron chi connectivity index (χ3n) is 4.38. The molecule has 25 heavy (non-hydrogen) atoms. The van der Waals surface area contributed by atoms with Crippen LogP contribution >= 0.6 is 0 Å². The van der Waals surface area contributed by atoms with Gasteiger partial charge in [-0.1, -0.05) is 18.2 Å². The quantitative estimate of drug-likeness (QED) is 0.730. The van der Waals surface area contributed by atoms with Crippen LogP contribution in [0.1, 0.15) is 13.3 Å². The van der Waals surface area contributed by atoms with Gasteiger partial charge < -0.3 is 20.3 Å². The first-order valence-electron chi connectivity index (χ1n) is 8.73. The van der Waals surface area contributed by atoms with Crippen LogP contribution in [0.4, 0.5) is 10.5 Å². The molecule has 1 atom stereocenters. The number of para-hydroxylation sites is 1. The monoisotopic (exact) mass is 348 g/mol. The van der Waals surface area contributed by atoms with Crippen molar-refractivity contribution in [3.05, 3.63) is 30.3 Å². The zero-order valence-electron chi connectivity index (χ0n) is 15.0. The van der Waals surface area contributed by atoms with Gasteiger partial charge in [0, 0.05) is 52.1 Å². The summed E-state index contributed by atoms with van der Waals surface area (Å²) < 4.78 is 4.97. The largest absolute Gasteiger partial charge is 0.385 e. The van der Waals surface area contributed by atoms with Crippen LogP contribution in [0.25, 0.3) is 0 Å². The van der Waals surface area contributed by atoms with Gasteiger partial charge in [0.2, 0.25) is 5.91 Å². The number of rotatable bonds is 7. The molecule has 7 nitrogen and oxygen atoms in total. The number of anilines is 1. The topological polar surface area (TPSA) is 73.9 Å². The second kappa shape index (κ2) is 10.0. The van der Waals surface area contributed by atoms with Crippen molar-refractivity contribution in [3.8, 4) is 0 Å². The molecule has 1 fully saturated rings. The third-order valence-corrected chi connectivity index (χ3v) is 4.38. The van der Waals surface area contributed by atoms with E-state index in [1.807, 2.05) is 37.3 Å². The molecule has 1 heterocycles. The molecular weight excluding hydrogens is 320 g/mol. The number of methoxy groups -OCH3 is 1. The highest BCUT2D eigenvalue weighted by molar-refractivity contribution is 5.89. The van der Waals surface area contributed by atoms with Crippen LogP contribution in [0.5, 0.6) is 0 Å². The average Bonchev–Trinajstić information content (AvgIpc) is 2.65. The molecule has 1 aromatic rings. The van der Waals surface area contributed by atoms with Gasteiger partial charge in [0.25, 0.3) is 0 Å². The molecule has 7 heteroatoms. The number of nitrogens with one attached hydrogen (secondary N) is 2. The van der Waals surface area contributed by atoms with Gasteiger partial charge in [-0.15, -0.1) is 0 Å². The first-order valence-corrected chi connectivity index (χ1v) is 8.73. The van der Waals surface area contributed by atoms with Gasteiger partial charge >= 0.3 is 6.03 Å². The number of amides is 3. The number of nitrogens with zero attached hydrogens (tertiary/aromatic N) is 2. The molecule has 3 amide bonds. The van der Waals surface area contributed by atoms with E-state index < -0.39 is 0 Å². The lowest BCUT2D eigenvalue weighted by atomic mass is 10.2. The maximum Gasteiger partial charge on any atom is 0.321 e. The van der Waals surface area contributed by atoms with Gasteiger partial charge in [0.15, 0.2) is 0 Å². The predicted molar refractivity (Wildman–Crippen MR) is 97.6 cm³/mol. The number of carbonyl (C=O) groups excluding carboxylic acids is 2. The number of urea groups is 1. The highest BCUT2D eigenvalue weighted by Crippen LogP contribution is 2.10. The number of ether oxygens (including phenoxy) is 1. The Balaban J connectivity index is 1.73. The number of hydrogen-bond acceptors (Lipinski definition) is 4. The summed E-state index contributed by atoms with van der Waals surface area (Å²) in [6.45, 7) is 5.77. The van der Waals surface area contributed by atoms with Crippen molar-refractivity contribution in [1.82, 2.24) is 15.1 Å². The fraction of sp³-hybridized carbons (Fsp3) is 0.556. The lowest BCUT2D eigenvalue weighted by Gasteiger charge is -2.37. The number of benzene rings is 1. The van der Waals surface area contributed by atoms with Crippen molar-refractivity contribution >= 4 is 17.6 Å². The Labute approximate surface area is 149 Å². The van der Waals surface area contributed by atoms with Crippen LogP contribution < -0.4 is 10.6 Å². The summed E-state index contributed by atoms with van der Waals surface area (Å²) in [5.74, 6) is 0.0262. The van der Waals surface area contributed by atoms with E-state index in [9.17, 15) is 9.59 Å². The number of carbonyl (C=O) groups is 2. The van der Waals surface area contributed by atoms with Gasteiger partial charge in [-0.05, 0) is 25.5 Å². The van der Waals surface area contributed by atoms with Crippen molar-refractivity contribution < 1.29 is 14.3 Å². The minimum absolute atomic E-state index is 0.0262. The van der Waals surface area contributed by atoms with Crippen LogP contribution in [0.3, 0.4) is 0 Å². The summed E-state index contributed by atoms with van der Waals surface area (Å²) >= 11 is 0. The fourth-order valence-corrected chi connectivity index (χ4v) is 2.78. The Morgan fingerprint density at radius 1 is 1.16 bits per heavy atom. The summed E-state index contributed by atoms with van der Waals surface area (Å²) in [4.78, 5) is 28.4. The molecule has 138 valence electrons. The summed E-state index contributed by atoms with van der Waals surface area (Å²) in [5.41, 5.74) is 0.790. The van der Waals surface area contributed by atoms with Gasteiger partial charge in [-0.2, -0.15) is 0 Å². The van der Waals surface area contributed by atoms with E-state index in [1.165, 1.54) is 0 Å². The zero-order valence-corrected chi connectivity index (χ0v) is 15.0. The molecule has 0 spiro atoms. The normalized spacial score (nSPS) is 16.3. The van der Waals surface area contributed by atoms with E-state index in [4.69, 9.17) is 4.74 Å². The minimum Gasteiger partial charge on any atom is -0.385 e. The smallest absolute Gasteiger partial charge is 0.321 e. The first kappa shape index (κ1) is 19.2. The van der Waals surface area contributed by atoms with Crippen LogP contribution in [0, 0.1) is 0 Å². The molecule has 0 bridgehead atoms. The molecule has 0 aliphatic carbocycles. The van der Waals surface area contributed by atoms with Crippen LogP contribution in [-0.2, 0) is 9.53 Å². The Morgan fingerprint density at radius 2 is 1.84 bits per heavy atom. The molecular formula is C18H28N4O3. The lowest BCUT2D eigenvalue weighted by Crippen LogP contribution is -2.55. The average molecular weight is 348 g/mol. The second-order valence-electron chi connectivity index (χ2n) is 6.13. The highest BCUT2D eigenvalue weighted by atomic mass is 16.5. The molecule has 1 aliphatic heterocycles. The SMILES string of the molecule is COCCCNC(=O)[C@H](C)N1CCN(C(=O)Nc2ccccc2)CC1. The zero-order chi connectivity index (χ0) is 18.1. The molecule has 2 N–H and O–H groups in total. The Morgan fingerprint density at radius 3 is 2.48 bits per heavy atom. The lowest BCUT2D eigenvalue weighted by molar-refractivity contribution is -0.126. The van der Waals surface area contributed by atoms with E-state index in [1.54, 1.807) is 12.0 Å². The maximum atomic E-state index is 12.3. The summed E-state index contributed by atoms with van der Waals surface area (Å²) in [6, 6.07) is 9.13. The van der Waals surface area contributed by atoms with E-state index in [-0.39, 0.29) is 18.0 Å². The third kappa shape index (κ3) is 6.03. The molecule has 1 aliphatic rings. The van der Waals surface area contributed by atoms with Gasteiger partial charge in [-0.25, -0.2) is 4.79 Å². The summed E-state index contributed by atoms with van der Waals surface area (Å²) in [7, 11) is 1.65. The Kier molecular flexibility index (Phi) is 7.69. The van der Waals surface area contributed by atoms with Crippen LogP contribution in [0.15, 0.2) is 30.3 Å². The molecule has 0 aromatic heterocycles. The molecule has 0 radical (unpaired) electrons. The molecule has 0 saturated carbocycles. The molecule has 1 saturated heterocycles. The van der Waals surface area contributed by atoms with E-state index >= 15 is 0 Å². The predicted octanol–water partition coefficient (Wildman–Crippen LogP) is 1.38. The molecule has 2 rings (SSSR count). The molecule has 1 aromatic carbocycles. The van der Waals surface area contributed by atoms with Gasteiger partial charge in [0.05, 0.1) is 6.04 Å². The first-order chi connectivity index (χ1) is 12.1.